The fourth-order valence-electron chi connectivity index (χ4n) is 3.28. The Kier molecular flexibility index (Phi) is 8.53. The van der Waals surface area contributed by atoms with Gasteiger partial charge in [-0.1, -0.05) is 35.9 Å². The largest absolute Gasteiger partial charge is 0.465 e. The smallest absolute Gasteiger partial charge is 0.321 e. The molecule has 0 saturated carbocycles. The van der Waals surface area contributed by atoms with Crippen LogP contribution in [-0.4, -0.2) is 30.1 Å². The second kappa shape index (κ2) is 11.1. The summed E-state index contributed by atoms with van der Waals surface area (Å²) in [5.41, 5.74) is 0.767. The van der Waals surface area contributed by atoms with Gasteiger partial charge in [0.1, 0.15) is 0 Å². The van der Waals surface area contributed by atoms with Crippen molar-refractivity contribution in [3.05, 3.63) is 74.8 Å². The standard InChI is InChI=1S/C22H21ClN2O6/c1-3-30-21(26)20(22(27)31-4-2)19(15-5-9-16(23)10-6-15)18(13-24)14-7-11-17(12-8-14)25(28)29/h5-12,18-20H,3-4H2,1-2H3/t18-,19+/m0/s1. The van der Waals surface area contributed by atoms with Crippen molar-refractivity contribution >= 4 is 29.2 Å². The molecule has 0 aliphatic rings. The predicted molar refractivity (Wildman–Crippen MR) is 112 cm³/mol. The third kappa shape index (κ3) is 5.80. The van der Waals surface area contributed by atoms with Crippen LogP contribution in [0.2, 0.25) is 5.02 Å². The van der Waals surface area contributed by atoms with Gasteiger partial charge < -0.3 is 9.47 Å². The van der Waals surface area contributed by atoms with Crippen LogP contribution in [0.5, 0.6) is 0 Å². The summed E-state index contributed by atoms with van der Waals surface area (Å²) < 4.78 is 10.2. The zero-order valence-corrected chi connectivity index (χ0v) is 17.7. The molecule has 0 aromatic heterocycles. The van der Waals surface area contributed by atoms with Crippen molar-refractivity contribution in [2.75, 3.05) is 13.2 Å². The van der Waals surface area contributed by atoms with Gasteiger partial charge in [0.25, 0.3) is 5.69 Å². The van der Waals surface area contributed by atoms with E-state index >= 15 is 0 Å². The van der Waals surface area contributed by atoms with E-state index in [4.69, 9.17) is 21.1 Å². The molecule has 0 aliphatic carbocycles. The fourth-order valence-corrected chi connectivity index (χ4v) is 3.41. The molecule has 0 heterocycles. The van der Waals surface area contributed by atoms with Crippen LogP contribution in [0.4, 0.5) is 5.69 Å². The topological polar surface area (TPSA) is 120 Å². The fraction of sp³-hybridized carbons (Fsp3) is 0.318. The molecule has 0 N–H and O–H groups in total. The quantitative estimate of drug-likeness (QED) is 0.243. The molecule has 0 unspecified atom stereocenters. The number of carbonyl (C=O) groups is 2. The Bertz CT molecular complexity index is 951. The van der Waals surface area contributed by atoms with Gasteiger partial charge in [0.15, 0.2) is 5.92 Å². The lowest BCUT2D eigenvalue weighted by molar-refractivity contribution is -0.384. The maximum Gasteiger partial charge on any atom is 0.321 e. The lowest BCUT2D eigenvalue weighted by atomic mass is 9.74. The molecule has 0 spiro atoms. The van der Waals surface area contributed by atoms with Gasteiger partial charge in [0.05, 0.1) is 30.1 Å². The second-order valence-corrected chi connectivity index (χ2v) is 6.95. The average molecular weight is 445 g/mol. The Morgan fingerprint density at radius 1 is 1.00 bits per heavy atom. The maximum atomic E-state index is 12.8. The molecule has 2 atom stereocenters. The van der Waals surface area contributed by atoms with Gasteiger partial charge in [-0.2, -0.15) is 5.26 Å². The van der Waals surface area contributed by atoms with Crippen LogP contribution in [0.15, 0.2) is 48.5 Å². The number of benzene rings is 2. The van der Waals surface area contributed by atoms with Crippen LogP contribution in [0.3, 0.4) is 0 Å². The molecule has 2 rings (SSSR count). The Labute approximate surface area is 184 Å². The zero-order chi connectivity index (χ0) is 23.0. The summed E-state index contributed by atoms with van der Waals surface area (Å²) in [4.78, 5) is 36.0. The monoisotopic (exact) mass is 444 g/mol. The predicted octanol–water partition coefficient (Wildman–Crippen LogP) is 4.38. The van der Waals surface area contributed by atoms with Crippen LogP contribution >= 0.6 is 11.6 Å². The first-order valence-corrected chi connectivity index (χ1v) is 9.94. The van der Waals surface area contributed by atoms with E-state index in [-0.39, 0.29) is 18.9 Å². The molecule has 2 aromatic rings. The second-order valence-electron chi connectivity index (χ2n) is 6.51. The van der Waals surface area contributed by atoms with Crippen molar-refractivity contribution < 1.29 is 24.0 Å². The number of rotatable bonds is 9. The van der Waals surface area contributed by atoms with Crippen molar-refractivity contribution in [3.63, 3.8) is 0 Å². The minimum Gasteiger partial charge on any atom is -0.465 e. The van der Waals surface area contributed by atoms with E-state index in [1.807, 2.05) is 0 Å². The third-order valence-electron chi connectivity index (χ3n) is 4.66. The maximum absolute atomic E-state index is 12.8. The Morgan fingerprint density at radius 2 is 1.48 bits per heavy atom. The van der Waals surface area contributed by atoms with E-state index in [1.54, 1.807) is 38.1 Å². The first-order valence-electron chi connectivity index (χ1n) is 9.56. The van der Waals surface area contributed by atoms with Gasteiger partial charge in [-0.15, -0.1) is 0 Å². The highest BCUT2D eigenvalue weighted by atomic mass is 35.5. The summed E-state index contributed by atoms with van der Waals surface area (Å²) >= 11 is 5.99. The SMILES string of the molecule is CCOC(=O)C(C(=O)OCC)[C@H](c1ccc(Cl)cc1)[C@@H](C#N)c1ccc([N+](=O)[O-])cc1. The molecule has 0 bridgehead atoms. The molecule has 0 aliphatic heterocycles. The molecule has 0 fully saturated rings. The van der Waals surface area contributed by atoms with Crippen molar-refractivity contribution in [3.8, 4) is 6.07 Å². The van der Waals surface area contributed by atoms with E-state index in [1.165, 1.54) is 24.3 Å². The van der Waals surface area contributed by atoms with Gasteiger partial charge in [0.2, 0.25) is 0 Å². The van der Waals surface area contributed by atoms with Gasteiger partial charge in [-0.3, -0.25) is 19.7 Å². The van der Waals surface area contributed by atoms with Crippen molar-refractivity contribution in [1.82, 2.24) is 0 Å². The molecule has 0 amide bonds. The molecule has 8 nitrogen and oxygen atoms in total. The van der Waals surface area contributed by atoms with Crippen molar-refractivity contribution in [2.24, 2.45) is 5.92 Å². The summed E-state index contributed by atoms with van der Waals surface area (Å²) in [6, 6.07) is 13.9. The van der Waals surface area contributed by atoms with Crippen LogP contribution in [0, 0.1) is 27.4 Å². The van der Waals surface area contributed by atoms with E-state index < -0.39 is 34.6 Å². The number of non-ortho nitro benzene ring substituents is 1. The van der Waals surface area contributed by atoms with Gasteiger partial charge in [-0.05, 0) is 37.1 Å². The lowest BCUT2D eigenvalue weighted by Crippen LogP contribution is -2.36. The van der Waals surface area contributed by atoms with Gasteiger partial charge in [0, 0.05) is 23.1 Å². The molecular formula is C22H21ClN2O6. The van der Waals surface area contributed by atoms with E-state index in [9.17, 15) is 25.0 Å². The summed E-state index contributed by atoms with van der Waals surface area (Å²) in [7, 11) is 0. The number of nitro benzene ring substituents is 1. The van der Waals surface area contributed by atoms with Gasteiger partial charge >= 0.3 is 11.9 Å². The Morgan fingerprint density at radius 3 is 1.90 bits per heavy atom. The number of hydrogen-bond donors (Lipinski definition) is 0. The normalized spacial score (nSPS) is 12.5. The number of nitro groups is 1. The minimum absolute atomic E-state index is 0.0385. The highest BCUT2D eigenvalue weighted by Gasteiger charge is 2.43. The molecule has 9 heteroatoms. The average Bonchev–Trinajstić information content (AvgIpc) is 2.75. The minimum atomic E-state index is -1.42. The number of halogens is 1. The van der Waals surface area contributed by atoms with E-state index in [0.29, 0.717) is 16.1 Å². The number of ether oxygens (including phenoxy) is 2. The highest BCUT2D eigenvalue weighted by molar-refractivity contribution is 6.30. The summed E-state index contributed by atoms with van der Waals surface area (Å²) in [5, 5.41) is 21.4. The highest BCUT2D eigenvalue weighted by Crippen LogP contribution is 2.40. The summed E-state index contributed by atoms with van der Waals surface area (Å²) in [6.45, 7) is 3.29. The first-order chi connectivity index (χ1) is 14.8. The molecule has 0 saturated heterocycles. The van der Waals surface area contributed by atoms with E-state index in [0.717, 1.165) is 0 Å². The molecule has 31 heavy (non-hydrogen) atoms. The summed E-state index contributed by atoms with van der Waals surface area (Å²) in [6.07, 6.45) is 0. The van der Waals surface area contributed by atoms with Crippen LogP contribution in [-0.2, 0) is 19.1 Å². The van der Waals surface area contributed by atoms with Crippen LogP contribution in [0.1, 0.15) is 36.8 Å². The lowest BCUT2D eigenvalue weighted by Gasteiger charge is -2.28. The Balaban J connectivity index is 2.64. The number of nitrogens with zero attached hydrogens (tertiary/aromatic N) is 2. The molecule has 0 radical (unpaired) electrons. The number of esters is 2. The van der Waals surface area contributed by atoms with E-state index in [2.05, 4.69) is 6.07 Å². The Hall–Kier alpha value is -3.44. The van der Waals surface area contributed by atoms with Crippen molar-refractivity contribution in [2.45, 2.75) is 25.7 Å². The number of hydrogen-bond acceptors (Lipinski definition) is 7. The first kappa shape index (κ1) is 23.8. The van der Waals surface area contributed by atoms with Crippen molar-refractivity contribution in [1.29, 1.82) is 5.26 Å². The number of carbonyl (C=O) groups excluding carboxylic acids is 2. The molecule has 162 valence electrons. The van der Waals surface area contributed by atoms with Crippen LogP contribution in [0.25, 0.3) is 0 Å². The zero-order valence-electron chi connectivity index (χ0n) is 17.0. The van der Waals surface area contributed by atoms with Crippen LogP contribution < -0.4 is 0 Å². The molecule has 2 aromatic carbocycles. The van der Waals surface area contributed by atoms with Gasteiger partial charge in [-0.25, -0.2) is 0 Å². The summed E-state index contributed by atoms with van der Waals surface area (Å²) in [5.74, 6) is -5.02. The number of nitriles is 1. The molecular weight excluding hydrogens is 424 g/mol. The third-order valence-corrected chi connectivity index (χ3v) is 4.91.